The van der Waals surface area contributed by atoms with Crippen LogP contribution in [0.25, 0.3) is 0 Å². The summed E-state index contributed by atoms with van der Waals surface area (Å²) in [5.74, 6) is 0.416. The van der Waals surface area contributed by atoms with Crippen molar-refractivity contribution in [3.8, 4) is 0 Å². The van der Waals surface area contributed by atoms with Crippen molar-refractivity contribution >= 4 is 11.6 Å². The van der Waals surface area contributed by atoms with Crippen LogP contribution in [0.3, 0.4) is 0 Å². The van der Waals surface area contributed by atoms with Crippen LogP contribution in [0, 0.1) is 11.8 Å². The topological polar surface area (TPSA) is 33.1 Å². The first kappa shape index (κ1) is 13.6. The summed E-state index contributed by atoms with van der Waals surface area (Å²) in [4.78, 5) is 3.31. The molecule has 0 amide bonds. The van der Waals surface area contributed by atoms with Gasteiger partial charge in [0.1, 0.15) is 10.8 Å². The highest BCUT2D eigenvalue weighted by atomic mass is 35.5. The zero-order chi connectivity index (χ0) is 13.5. The zero-order valence-electron chi connectivity index (χ0n) is 9.71. The van der Waals surface area contributed by atoms with Crippen LogP contribution in [0.2, 0.25) is 5.15 Å². The number of nitrogens with zero attached hydrogens (tertiary/aromatic N) is 1. The fourth-order valence-corrected chi connectivity index (χ4v) is 2.25. The van der Waals surface area contributed by atoms with Crippen LogP contribution in [0.5, 0.6) is 0 Å². The summed E-state index contributed by atoms with van der Waals surface area (Å²) in [6, 6.07) is 2.06. The van der Waals surface area contributed by atoms with Crippen LogP contribution in [0.1, 0.15) is 37.1 Å². The lowest BCUT2D eigenvalue weighted by Crippen LogP contribution is -2.14. The molecule has 0 spiro atoms. The molecule has 1 fully saturated rings. The molecule has 18 heavy (non-hydrogen) atoms. The predicted molar refractivity (Wildman–Crippen MR) is 61.1 cm³/mol. The van der Waals surface area contributed by atoms with E-state index < -0.39 is 18.0 Å². The Morgan fingerprint density at radius 2 is 2.00 bits per heavy atom. The molecule has 0 saturated heterocycles. The lowest BCUT2D eigenvalue weighted by atomic mass is 9.94. The second-order valence-electron chi connectivity index (χ2n) is 4.72. The van der Waals surface area contributed by atoms with E-state index in [4.69, 9.17) is 11.6 Å². The molecule has 2 atom stereocenters. The number of rotatable bonds is 3. The van der Waals surface area contributed by atoms with Crippen LogP contribution in [0.15, 0.2) is 12.1 Å². The van der Waals surface area contributed by atoms with Gasteiger partial charge in [-0.15, -0.1) is 0 Å². The normalized spacial score (nSPS) is 19.7. The average Bonchev–Trinajstić information content (AvgIpc) is 3.09. The number of hydrogen-bond donors (Lipinski definition) is 1. The molecular weight excluding hydrogens is 267 g/mol. The van der Waals surface area contributed by atoms with Crippen molar-refractivity contribution in [1.29, 1.82) is 0 Å². The number of aliphatic hydroxyl groups excluding tert-OH is 1. The number of aliphatic hydroxyl groups is 1. The quantitative estimate of drug-likeness (QED) is 0.853. The molecule has 1 aromatic rings. The van der Waals surface area contributed by atoms with Crippen molar-refractivity contribution in [2.24, 2.45) is 11.8 Å². The van der Waals surface area contributed by atoms with Gasteiger partial charge in [0, 0.05) is 5.56 Å². The molecule has 100 valence electrons. The molecule has 6 heteroatoms. The Bertz CT molecular complexity index is 445. The van der Waals surface area contributed by atoms with Gasteiger partial charge in [0.2, 0.25) is 0 Å². The third-order valence-electron chi connectivity index (χ3n) is 3.35. The van der Waals surface area contributed by atoms with Gasteiger partial charge in [-0.05, 0) is 30.7 Å². The summed E-state index contributed by atoms with van der Waals surface area (Å²) in [5.41, 5.74) is -0.772. The minimum absolute atomic E-state index is 0.0129. The smallest absolute Gasteiger partial charge is 0.388 e. The van der Waals surface area contributed by atoms with Gasteiger partial charge in [-0.3, -0.25) is 0 Å². The summed E-state index contributed by atoms with van der Waals surface area (Å²) < 4.78 is 37.2. The fraction of sp³-hybridized carbons (Fsp3) is 0.583. The molecule has 0 radical (unpaired) electrons. The van der Waals surface area contributed by atoms with E-state index in [2.05, 4.69) is 4.98 Å². The average molecular weight is 280 g/mol. The van der Waals surface area contributed by atoms with E-state index in [1.807, 2.05) is 6.92 Å². The van der Waals surface area contributed by atoms with Crippen molar-refractivity contribution < 1.29 is 18.3 Å². The van der Waals surface area contributed by atoms with Crippen LogP contribution in [-0.4, -0.2) is 10.1 Å². The summed E-state index contributed by atoms with van der Waals surface area (Å²) in [5, 5.41) is 9.79. The molecule has 1 aliphatic rings. The lowest BCUT2D eigenvalue weighted by molar-refractivity contribution is -0.141. The molecule has 2 nitrogen and oxygen atoms in total. The SMILES string of the molecule is CC(C1CC1)C(O)c1ccc(C(F)(F)F)nc1Cl. The first-order valence-electron chi connectivity index (χ1n) is 5.72. The third-order valence-corrected chi connectivity index (χ3v) is 3.65. The fourth-order valence-electron chi connectivity index (χ4n) is 1.99. The van der Waals surface area contributed by atoms with Crippen LogP contribution in [0.4, 0.5) is 13.2 Å². The van der Waals surface area contributed by atoms with Gasteiger partial charge in [-0.2, -0.15) is 13.2 Å². The Hall–Kier alpha value is -0.810. The summed E-state index contributed by atoms with van der Waals surface area (Å²) in [6.45, 7) is 1.87. The molecule has 0 aliphatic heterocycles. The Kier molecular flexibility index (Phi) is 3.56. The number of pyridine rings is 1. The van der Waals surface area contributed by atoms with E-state index in [9.17, 15) is 18.3 Å². The van der Waals surface area contributed by atoms with Crippen molar-refractivity contribution in [3.05, 3.63) is 28.5 Å². The Morgan fingerprint density at radius 1 is 1.39 bits per heavy atom. The maximum atomic E-state index is 12.4. The molecule has 1 aliphatic carbocycles. The maximum absolute atomic E-state index is 12.4. The summed E-state index contributed by atoms with van der Waals surface area (Å²) in [7, 11) is 0. The van der Waals surface area contributed by atoms with E-state index in [1.165, 1.54) is 6.07 Å². The van der Waals surface area contributed by atoms with Gasteiger partial charge in [-0.1, -0.05) is 24.6 Å². The van der Waals surface area contributed by atoms with E-state index in [-0.39, 0.29) is 16.6 Å². The number of alkyl halides is 3. The third kappa shape index (κ3) is 2.78. The number of halogens is 4. The largest absolute Gasteiger partial charge is 0.433 e. The molecule has 0 bridgehead atoms. The molecule has 1 aromatic heterocycles. The summed E-state index contributed by atoms with van der Waals surface area (Å²) >= 11 is 5.73. The highest BCUT2D eigenvalue weighted by molar-refractivity contribution is 6.30. The van der Waals surface area contributed by atoms with Gasteiger partial charge in [0.05, 0.1) is 6.10 Å². The highest BCUT2D eigenvalue weighted by Gasteiger charge is 2.36. The minimum atomic E-state index is -4.52. The molecular formula is C12H13ClF3NO. The Morgan fingerprint density at radius 3 is 2.44 bits per heavy atom. The second kappa shape index (κ2) is 4.70. The van der Waals surface area contributed by atoms with Gasteiger partial charge in [0.15, 0.2) is 0 Å². The van der Waals surface area contributed by atoms with E-state index in [1.54, 1.807) is 0 Å². The van der Waals surface area contributed by atoms with Gasteiger partial charge in [-0.25, -0.2) is 4.98 Å². The lowest BCUT2D eigenvalue weighted by Gasteiger charge is -2.20. The molecule has 1 N–H and O–H groups in total. The van der Waals surface area contributed by atoms with Crippen LogP contribution in [-0.2, 0) is 6.18 Å². The van der Waals surface area contributed by atoms with Crippen molar-refractivity contribution in [2.45, 2.75) is 32.0 Å². The van der Waals surface area contributed by atoms with Crippen LogP contribution >= 0.6 is 11.6 Å². The van der Waals surface area contributed by atoms with Crippen LogP contribution < -0.4 is 0 Å². The Labute approximate surface area is 108 Å². The van der Waals surface area contributed by atoms with E-state index in [0.29, 0.717) is 5.92 Å². The molecule has 0 aromatic carbocycles. The standard InChI is InChI=1S/C12H13ClF3NO/c1-6(7-2-3-7)10(18)8-4-5-9(12(14,15)16)17-11(8)13/h4-7,10,18H,2-3H2,1H3. The summed E-state index contributed by atoms with van der Waals surface area (Å²) in [6.07, 6.45) is -3.29. The molecule has 1 saturated carbocycles. The first-order valence-corrected chi connectivity index (χ1v) is 6.10. The number of hydrogen-bond acceptors (Lipinski definition) is 2. The maximum Gasteiger partial charge on any atom is 0.433 e. The zero-order valence-corrected chi connectivity index (χ0v) is 10.5. The molecule has 1 heterocycles. The minimum Gasteiger partial charge on any atom is -0.388 e. The van der Waals surface area contributed by atoms with Crippen molar-refractivity contribution in [1.82, 2.24) is 4.98 Å². The number of aromatic nitrogens is 1. The van der Waals surface area contributed by atoms with Crippen molar-refractivity contribution in [3.63, 3.8) is 0 Å². The Balaban J connectivity index is 2.24. The predicted octanol–water partition coefficient (Wildman–Crippen LogP) is 3.83. The monoisotopic (exact) mass is 279 g/mol. The molecule has 2 unspecified atom stereocenters. The van der Waals surface area contributed by atoms with E-state index in [0.717, 1.165) is 18.9 Å². The van der Waals surface area contributed by atoms with Gasteiger partial charge in [0.25, 0.3) is 0 Å². The molecule has 2 rings (SSSR count). The second-order valence-corrected chi connectivity index (χ2v) is 5.07. The highest BCUT2D eigenvalue weighted by Crippen LogP contribution is 2.43. The first-order chi connectivity index (χ1) is 8.30. The van der Waals surface area contributed by atoms with Gasteiger partial charge >= 0.3 is 6.18 Å². The van der Waals surface area contributed by atoms with Crippen molar-refractivity contribution in [2.75, 3.05) is 0 Å². The van der Waals surface area contributed by atoms with Gasteiger partial charge < -0.3 is 5.11 Å². The van der Waals surface area contributed by atoms with E-state index >= 15 is 0 Å².